The number of allylic oxidation sites excluding steroid dienone is 8. The number of carbonyl (C=O) groups excluding carboxylic acids is 1. The van der Waals surface area contributed by atoms with Crippen molar-refractivity contribution in [3.05, 3.63) is 48.6 Å². The van der Waals surface area contributed by atoms with Crippen molar-refractivity contribution in [2.24, 2.45) is 0 Å². The molecule has 7 N–H and O–H groups in total. The molecule has 0 radical (unpaired) electrons. The smallest absolute Gasteiger partial charge is 0.306 e. The van der Waals surface area contributed by atoms with Crippen molar-refractivity contribution in [2.45, 2.75) is 306 Å². The van der Waals surface area contributed by atoms with Crippen molar-refractivity contribution in [1.82, 2.24) is 0 Å². The molecule has 11 atom stereocenters. The van der Waals surface area contributed by atoms with Gasteiger partial charge in [-0.1, -0.05) is 229 Å². The van der Waals surface area contributed by atoms with Gasteiger partial charge < -0.3 is 64.2 Å². The van der Waals surface area contributed by atoms with Crippen LogP contribution in [-0.4, -0.2) is 142 Å². The summed E-state index contributed by atoms with van der Waals surface area (Å²) in [5, 5.41) is 72.4. The zero-order chi connectivity index (χ0) is 55.1. The molecule has 2 rings (SSSR count). The van der Waals surface area contributed by atoms with Gasteiger partial charge >= 0.3 is 5.97 Å². The molecule has 14 nitrogen and oxygen atoms in total. The van der Waals surface area contributed by atoms with E-state index in [0.717, 1.165) is 64.2 Å². The fourth-order valence-electron chi connectivity index (χ4n) is 9.69. The fraction of sp³-hybridized carbons (Fsp3) is 0.855. The number of aliphatic hydroxyl groups excluding tert-OH is 7. The van der Waals surface area contributed by atoms with E-state index in [9.17, 15) is 40.5 Å². The lowest BCUT2D eigenvalue weighted by Gasteiger charge is -2.42. The van der Waals surface area contributed by atoms with Crippen LogP contribution in [0.4, 0.5) is 0 Å². The van der Waals surface area contributed by atoms with E-state index in [2.05, 4.69) is 62.5 Å². The van der Waals surface area contributed by atoms with E-state index in [0.29, 0.717) is 13.0 Å². The van der Waals surface area contributed by atoms with Gasteiger partial charge in [0.25, 0.3) is 0 Å². The van der Waals surface area contributed by atoms with Crippen LogP contribution < -0.4 is 0 Å². The largest absolute Gasteiger partial charge is 0.457 e. The molecule has 11 unspecified atom stereocenters. The Morgan fingerprint density at radius 2 is 0.855 bits per heavy atom. The Kier molecular flexibility index (Phi) is 45.0. The van der Waals surface area contributed by atoms with Crippen LogP contribution in [0.15, 0.2) is 48.6 Å². The Hall–Kier alpha value is -2.05. The normalized spacial score (nSPS) is 24.8. The van der Waals surface area contributed by atoms with Crippen LogP contribution in [0.25, 0.3) is 0 Å². The minimum Gasteiger partial charge on any atom is -0.457 e. The average molecular weight is 1080 g/mol. The van der Waals surface area contributed by atoms with Crippen LogP contribution in [0.2, 0.25) is 0 Å². The summed E-state index contributed by atoms with van der Waals surface area (Å²) < 4.78 is 34.4. The Bertz CT molecular complexity index is 1440. The fourth-order valence-corrected chi connectivity index (χ4v) is 9.69. The van der Waals surface area contributed by atoms with Crippen LogP contribution in [-0.2, 0) is 33.2 Å². The van der Waals surface area contributed by atoms with Crippen molar-refractivity contribution in [2.75, 3.05) is 33.0 Å². The first-order valence-electron chi connectivity index (χ1n) is 30.7. The summed E-state index contributed by atoms with van der Waals surface area (Å²) in [6.45, 7) is 3.61. The SMILES string of the molecule is CC/C=C\C/C=C\C/C=C\C/C=C\CCCCCCCCCCCCCCCOCC(COC1OC(COC2OC(CO)C(O)C(O)C2O)C(O)C(O)C1O)OC(=O)CCCCCCCCCCCCCCCCCC. The number of esters is 1. The number of hydrogen-bond acceptors (Lipinski definition) is 14. The third-order valence-corrected chi connectivity index (χ3v) is 14.6. The second-order valence-electron chi connectivity index (χ2n) is 21.5. The van der Waals surface area contributed by atoms with Gasteiger partial charge in [0.05, 0.1) is 26.4 Å². The van der Waals surface area contributed by atoms with Crippen LogP contribution >= 0.6 is 0 Å². The van der Waals surface area contributed by atoms with E-state index >= 15 is 0 Å². The number of rotatable bonds is 50. The third-order valence-electron chi connectivity index (χ3n) is 14.6. The first-order valence-corrected chi connectivity index (χ1v) is 30.7. The van der Waals surface area contributed by atoms with Gasteiger partial charge in [0.2, 0.25) is 0 Å². The molecule has 2 heterocycles. The Morgan fingerprint density at radius 3 is 1.34 bits per heavy atom. The molecule has 0 bridgehead atoms. The Balaban J connectivity index is 1.67. The van der Waals surface area contributed by atoms with E-state index < -0.39 is 80.7 Å². The maximum absolute atomic E-state index is 13.1. The van der Waals surface area contributed by atoms with Crippen molar-refractivity contribution in [1.29, 1.82) is 0 Å². The zero-order valence-electron chi connectivity index (χ0n) is 47.7. The monoisotopic (exact) mass is 1080 g/mol. The second-order valence-corrected chi connectivity index (χ2v) is 21.5. The van der Waals surface area contributed by atoms with E-state index in [4.69, 9.17) is 28.4 Å². The van der Waals surface area contributed by atoms with Gasteiger partial charge in [0, 0.05) is 13.0 Å². The summed E-state index contributed by atoms with van der Waals surface area (Å²) in [5.74, 6) is -0.373. The van der Waals surface area contributed by atoms with Crippen molar-refractivity contribution in [3.8, 4) is 0 Å². The summed E-state index contributed by atoms with van der Waals surface area (Å²) >= 11 is 0. The molecular formula is C62H112O14. The minimum absolute atomic E-state index is 0.0631. The molecule has 0 spiro atoms. The summed E-state index contributed by atoms with van der Waals surface area (Å²) in [6.07, 6.45) is 43.2. The molecule has 0 aromatic rings. The molecule has 0 amide bonds. The predicted octanol–water partition coefficient (Wildman–Crippen LogP) is 11.5. The van der Waals surface area contributed by atoms with Gasteiger partial charge in [-0.25, -0.2) is 0 Å². The quantitative estimate of drug-likeness (QED) is 0.0172. The van der Waals surface area contributed by atoms with Gasteiger partial charge in [-0.3, -0.25) is 4.79 Å². The van der Waals surface area contributed by atoms with Crippen LogP contribution in [0, 0.1) is 0 Å². The lowest BCUT2D eigenvalue weighted by molar-refractivity contribution is -0.332. The molecular weight excluding hydrogens is 969 g/mol. The third kappa shape index (κ3) is 34.8. The lowest BCUT2D eigenvalue weighted by atomic mass is 9.98. The van der Waals surface area contributed by atoms with Gasteiger partial charge in [-0.05, 0) is 51.4 Å². The number of aliphatic hydroxyl groups is 7. The van der Waals surface area contributed by atoms with Gasteiger partial charge in [0.15, 0.2) is 12.6 Å². The highest BCUT2D eigenvalue weighted by Crippen LogP contribution is 2.27. The molecule has 444 valence electrons. The highest BCUT2D eigenvalue weighted by atomic mass is 16.7. The number of hydrogen-bond donors (Lipinski definition) is 7. The van der Waals surface area contributed by atoms with Crippen LogP contribution in [0.1, 0.15) is 239 Å². The molecule has 2 fully saturated rings. The van der Waals surface area contributed by atoms with Crippen molar-refractivity contribution in [3.63, 3.8) is 0 Å². The maximum atomic E-state index is 13.1. The Morgan fingerprint density at radius 1 is 0.447 bits per heavy atom. The standard InChI is InChI=1S/C62H112O14/c1-3-5-7-9-11-13-15-17-19-21-22-23-24-25-26-27-28-29-30-32-34-36-38-40-42-44-46-71-48-51(74-54(64)45-43-41-39-37-35-33-31-20-18-16-14-12-10-8-6-4-2)49-72-61-60(70)58(68)56(66)53(76-61)50-73-62-59(69)57(67)55(65)52(47-63)75-62/h5,7,11,13,17,19,22-23,51-53,55-63,65-70H,3-4,6,8-10,12,14-16,18,20-21,24-50H2,1-2H3/b7-5-,13-11-,19-17-,23-22-. The first-order chi connectivity index (χ1) is 37.1. The van der Waals surface area contributed by atoms with Crippen molar-refractivity contribution >= 4 is 5.97 Å². The van der Waals surface area contributed by atoms with Crippen molar-refractivity contribution < 1.29 is 69.0 Å². The number of carbonyl (C=O) groups is 1. The predicted molar refractivity (Wildman–Crippen MR) is 303 cm³/mol. The molecule has 76 heavy (non-hydrogen) atoms. The lowest BCUT2D eigenvalue weighted by Crippen LogP contribution is -2.61. The van der Waals surface area contributed by atoms with Gasteiger partial charge in [0.1, 0.15) is 54.9 Å². The van der Waals surface area contributed by atoms with E-state index in [-0.39, 0.29) is 25.6 Å². The van der Waals surface area contributed by atoms with E-state index in [1.165, 1.54) is 148 Å². The van der Waals surface area contributed by atoms with E-state index in [1.54, 1.807) is 0 Å². The molecule has 0 saturated carbocycles. The molecule has 0 aromatic carbocycles. The summed E-state index contributed by atoms with van der Waals surface area (Å²) in [5.41, 5.74) is 0. The number of ether oxygens (including phenoxy) is 6. The molecule has 0 aliphatic carbocycles. The van der Waals surface area contributed by atoms with Gasteiger partial charge in [-0.15, -0.1) is 0 Å². The molecule has 2 saturated heterocycles. The first kappa shape index (κ1) is 70.1. The topological polar surface area (TPSA) is 214 Å². The summed E-state index contributed by atoms with van der Waals surface area (Å²) in [7, 11) is 0. The summed E-state index contributed by atoms with van der Waals surface area (Å²) in [6, 6.07) is 0. The van der Waals surface area contributed by atoms with Crippen LogP contribution in [0.3, 0.4) is 0 Å². The molecule has 2 aliphatic heterocycles. The number of unbranched alkanes of at least 4 members (excludes halogenated alkanes) is 28. The highest BCUT2D eigenvalue weighted by Gasteiger charge is 2.47. The Labute approximate surface area is 461 Å². The minimum atomic E-state index is -1.71. The highest BCUT2D eigenvalue weighted by molar-refractivity contribution is 5.69. The molecule has 2 aliphatic rings. The van der Waals surface area contributed by atoms with Gasteiger partial charge in [-0.2, -0.15) is 0 Å². The van der Waals surface area contributed by atoms with E-state index in [1.807, 2.05) is 0 Å². The van der Waals surface area contributed by atoms with Crippen LogP contribution in [0.5, 0.6) is 0 Å². The average Bonchev–Trinajstić information content (AvgIpc) is 3.42. The molecule has 0 aromatic heterocycles. The molecule has 14 heteroatoms. The summed E-state index contributed by atoms with van der Waals surface area (Å²) in [4.78, 5) is 13.1. The zero-order valence-corrected chi connectivity index (χ0v) is 47.7. The second kappa shape index (κ2) is 48.8. The maximum Gasteiger partial charge on any atom is 0.306 e.